The number of aliphatic imine (C=N–C) groups is 1. The summed E-state index contributed by atoms with van der Waals surface area (Å²) in [5.41, 5.74) is 2.63. The minimum atomic E-state index is -1.01. The molecule has 0 bridgehead atoms. The van der Waals surface area contributed by atoms with E-state index in [0.29, 0.717) is 22.4 Å². The number of carbonyl (C=O) groups excluding carboxylic acids is 4. The normalized spacial score (nSPS) is 17.8. The first-order valence-electron chi connectivity index (χ1n) is 15.8. The number of fused-ring (bicyclic) bond motifs is 1. The zero-order valence-corrected chi connectivity index (χ0v) is 29.2. The van der Waals surface area contributed by atoms with E-state index in [1.165, 1.54) is 14.2 Å². The van der Waals surface area contributed by atoms with Gasteiger partial charge in [0.15, 0.2) is 0 Å². The van der Waals surface area contributed by atoms with Crippen molar-refractivity contribution in [3.8, 4) is 0 Å². The number of halogens is 2. The highest BCUT2D eigenvalue weighted by molar-refractivity contribution is 6.42. The Bertz CT molecular complexity index is 1780. The molecular weight excluding hydrogens is 687 g/mol. The van der Waals surface area contributed by atoms with Crippen molar-refractivity contribution in [3.63, 3.8) is 0 Å². The average Bonchev–Trinajstić information content (AvgIpc) is 3.37. The molecule has 3 atom stereocenters. The third-order valence-electron chi connectivity index (χ3n) is 8.48. The molecule has 3 aromatic carbocycles. The largest absolute Gasteiger partial charge is 0.468 e. The summed E-state index contributed by atoms with van der Waals surface area (Å²) >= 11 is 13.1. The first kappa shape index (κ1) is 36.9. The molecule has 0 N–H and O–H groups in total. The number of esters is 2. The summed E-state index contributed by atoms with van der Waals surface area (Å²) in [6.07, 6.45) is -0.559. The smallest absolute Gasteiger partial charge is 0.336 e. The lowest BCUT2D eigenvalue weighted by Crippen LogP contribution is -2.37. The zero-order valence-electron chi connectivity index (χ0n) is 27.7. The van der Waals surface area contributed by atoms with E-state index in [-0.39, 0.29) is 72.7 Å². The molecule has 0 saturated heterocycles. The number of imide groups is 1. The van der Waals surface area contributed by atoms with E-state index in [9.17, 15) is 19.2 Å². The summed E-state index contributed by atoms with van der Waals surface area (Å²) in [6, 6.07) is 20.9. The lowest BCUT2D eigenvalue weighted by atomic mass is 9.75. The highest BCUT2D eigenvalue weighted by Gasteiger charge is 2.44. The van der Waals surface area contributed by atoms with Gasteiger partial charge >= 0.3 is 11.9 Å². The second-order valence-electron chi connectivity index (χ2n) is 11.4. The van der Waals surface area contributed by atoms with Gasteiger partial charge in [-0.1, -0.05) is 77.8 Å². The molecule has 2 amide bonds. The topological polar surface area (TPSA) is 130 Å². The summed E-state index contributed by atoms with van der Waals surface area (Å²) in [7, 11) is 2.77. The number of hydrogen-bond acceptors (Lipinski definition) is 10. The van der Waals surface area contributed by atoms with E-state index >= 15 is 0 Å². The molecule has 11 nitrogen and oxygen atoms in total. The molecule has 2 aliphatic heterocycles. The minimum Gasteiger partial charge on any atom is -0.468 e. The lowest BCUT2D eigenvalue weighted by molar-refractivity contribution is -0.145. The van der Waals surface area contributed by atoms with E-state index in [1.54, 1.807) is 49.4 Å². The van der Waals surface area contributed by atoms with Gasteiger partial charge in [0.1, 0.15) is 18.6 Å². The standard InChI is InChI=1S/C37H36Cl2N2O9/c1-22-30(36(44)47-3)31(26-14-9-15-27(38)33(26)39)32(37(45)50-21-29(46-2)23-10-5-4-6-11-23)28(40-22)20-49-19-18-48-17-16-41-34(42)24-12-7-8-13-25(24)35(41)43/h4-15,29-31H,16-21H2,1-3H3/t29?,30?,31-/m0/s1. The van der Waals surface area contributed by atoms with Gasteiger partial charge in [0, 0.05) is 18.7 Å². The van der Waals surface area contributed by atoms with E-state index in [4.69, 9.17) is 46.9 Å². The molecule has 13 heteroatoms. The van der Waals surface area contributed by atoms with Crippen LogP contribution >= 0.6 is 23.2 Å². The Morgan fingerprint density at radius 2 is 1.52 bits per heavy atom. The average molecular weight is 724 g/mol. The molecule has 2 unspecified atom stereocenters. The van der Waals surface area contributed by atoms with Crippen LogP contribution in [0.1, 0.15) is 50.8 Å². The van der Waals surface area contributed by atoms with Crippen LogP contribution in [-0.4, -0.2) is 88.2 Å². The number of benzene rings is 3. The first-order chi connectivity index (χ1) is 24.2. The van der Waals surface area contributed by atoms with Crippen LogP contribution in [0.2, 0.25) is 10.0 Å². The Morgan fingerprint density at radius 3 is 2.18 bits per heavy atom. The Labute approximate surface area is 299 Å². The zero-order chi connectivity index (χ0) is 35.8. The fourth-order valence-electron chi connectivity index (χ4n) is 6.00. The van der Waals surface area contributed by atoms with Crippen molar-refractivity contribution in [2.75, 3.05) is 53.8 Å². The monoisotopic (exact) mass is 722 g/mol. The maximum Gasteiger partial charge on any atom is 0.336 e. The second-order valence-corrected chi connectivity index (χ2v) is 12.2. The summed E-state index contributed by atoms with van der Waals surface area (Å²) in [4.78, 5) is 58.3. The number of methoxy groups -OCH3 is 2. The number of carbonyl (C=O) groups is 4. The van der Waals surface area contributed by atoms with Crippen molar-refractivity contribution in [2.24, 2.45) is 10.9 Å². The van der Waals surface area contributed by atoms with Crippen molar-refractivity contribution >= 4 is 52.7 Å². The minimum absolute atomic E-state index is 0.0598. The molecule has 262 valence electrons. The van der Waals surface area contributed by atoms with Gasteiger partial charge in [-0.15, -0.1) is 0 Å². The van der Waals surface area contributed by atoms with Crippen molar-refractivity contribution in [1.82, 2.24) is 4.90 Å². The van der Waals surface area contributed by atoms with Crippen LogP contribution in [0.4, 0.5) is 0 Å². The van der Waals surface area contributed by atoms with Crippen LogP contribution in [0.25, 0.3) is 0 Å². The van der Waals surface area contributed by atoms with Gasteiger partial charge in [-0.05, 0) is 36.2 Å². The number of ether oxygens (including phenoxy) is 5. The molecule has 0 spiro atoms. The van der Waals surface area contributed by atoms with E-state index < -0.39 is 29.9 Å². The first-order valence-corrected chi connectivity index (χ1v) is 16.6. The third kappa shape index (κ3) is 7.98. The fourth-order valence-corrected chi connectivity index (χ4v) is 6.42. The second kappa shape index (κ2) is 17.0. The number of hydrogen-bond donors (Lipinski definition) is 0. The fraction of sp³-hybridized carbons (Fsp3) is 0.324. The van der Waals surface area contributed by atoms with Crippen LogP contribution in [0, 0.1) is 5.92 Å². The molecule has 2 heterocycles. The molecule has 50 heavy (non-hydrogen) atoms. The molecule has 0 aromatic heterocycles. The van der Waals surface area contributed by atoms with Crippen LogP contribution < -0.4 is 0 Å². The predicted molar refractivity (Wildman–Crippen MR) is 185 cm³/mol. The summed E-state index contributed by atoms with van der Waals surface area (Å²) in [6.45, 7) is 1.79. The summed E-state index contributed by atoms with van der Waals surface area (Å²) in [5, 5.41) is 0.402. The van der Waals surface area contributed by atoms with Gasteiger partial charge in [-0.25, -0.2) is 4.79 Å². The van der Waals surface area contributed by atoms with E-state index in [2.05, 4.69) is 4.99 Å². The van der Waals surface area contributed by atoms with Gasteiger partial charge in [-0.2, -0.15) is 0 Å². The van der Waals surface area contributed by atoms with Crippen LogP contribution in [0.5, 0.6) is 0 Å². The maximum atomic E-state index is 14.1. The van der Waals surface area contributed by atoms with Crippen molar-refractivity contribution in [1.29, 1.82) is 0 Å². The number of nitrogens with zero attached hydrogens (tertiary/aromatic N) is 2. The van der Waals surface area contributed by atoms with Crippen molar-refractivity contribution < 1.29 is 42.9 Å². The number of rotatable bonds is 15. The van der Waals surface area contributed by atoms with Gasteiger partial charge in [0.2, 0.25) is 0 Å². The Kier molecular flexibility index (Phi) is 12.6. The molecule has 0 fully saturated rings. The van der Waals surface area contributed by atoms with Crippen molar-refractivity contribution in [3.05, 3.63) is 116 Å². The van der Waals surface area contributed by atoms with E-state index in [1.807, 2.05) is 30.3 Å². The molecule has 0 aliphatic carbocycles. The van der Waals surface area contributed by atoms with E-state index in [0.717, 1.165) is 10.5 Å². The molecule has 3 aromatic rings. The highest BCUT2D eigenvalue weighted by atomic mass is 35.5. The molecular formula is C37H36Cl2N2O9. The molecule has 0 saturated carbocycles. The lowest BCUT2D eigenvalue weighted by Gasteiger charge is -2.32. The van der Waals surface area contributed by atoms with Gasteiger partial charge < -0.3 is 23.7 Å². The predicted octanol–water partition coefficient (Wildman–Crippen LogP) is 5.86. The molecule has 2 aliphatic rings. The summed E-state index contributed by atoms with van der Waals surface area (Å²) in [5.74, 6) is -4.07. The van der Waals surface area contributed by atoms with Crippen LogP contribution in [0.3, 0.4) is 0 Å². The quantitative estimate of drug-likeness (QED) is 0.108. The Morgan fingerprint density at radius 1 is 0.860 bits per heavy atom. The Balaban J connectivity index is 1.32. The van der Waals surface area contributed by atoms with Gasteiger partial charge in [-0.3, -0.25) is 24.3 Å². The summed E-state index contributed by atoms with van der Waals surface area (Å²) < 4.78 is 28.1. The maximum absolute atomic E-state index is 14.1. The van der Waals surface area contributed by atoms with Gasteiger partial charge in [0.25, 0.3) is 11.8 Å². The Hall–Kier alpha value is -4.39. The van der Waals surface area contributed by atoms with Crippen molar-refractivity contribution in [2.45, 2.75) is 18.9 Å². The SMILES string of the molecule is COC(=O)C1C(C)=NC(COCCOCCN2C(=O)c3ccccc3C2=O)=C(C(=O)OCC(OC)c2ccccc2)[C@H]1c1cccc(Cl)c1Cl. The third-order valence-corrected chi connectivity index (χ3v) is 9.31. The van der Waals surface area contributed by atoms with Gasteiger partial charge in [0.05, 0.1) is 72.5 Å². The highest BCUT2D eigenvalue weighted by Crippen LogP contribution is 2.44. The number of amides is 2. The van der Waals surface area contributed by atoms with Crippen LogP contribution in [-0.2, 0) is 33.3 Å². The van der Waals surface area contributed by atoms with Crippen LogP contribution in [0.15, 0.2) is 89.1 Å². The molecule has 0 radical (unpaired) electrons. The molecule has 5 rings (SSSR count).